The first-order chi connectivity index (χ1) is 7.04. The van der Waals surface area contributed by atoms with Crippen molar-refractivity contribution in [3.05, 3.63) is 34.5 Å². The minimum atomic E-state index is -0.417. The molecule has 0 aliphatic rings. The molecule has 0 amide bonds. The molecule has 3 nitrogen and oxygen atoms in total. The predicted molar refractivity (Wildman–Crippen MR) is 59.4 cm³/mol. The Bertz CT molecular complexity index is 392. The standard InChI is InChI=1S/C11H12O3S/c1-4-7(2)14-11(13)10-5-9(6-15-10)8(3)12/h4-7H,1H2,2-3H3/t7-/m0/s1. The Labute approximate surface area is 92.4 Å². The minimum Gasteiger partial charge on any atom is -0.454 e. The summed E-state index contributed by atoms with van der Waals surface area (Å²) in [7, 11) is 0. The molecule has 0 aromatic carbocycles. The van der Waals surface area contributed by atoms with Gasteiger partial charge in [0.2, 0.25) is 0 Å². The van der Waals surface area contributed by atoms with Crippen molar-refractivity contribution in [2.24, 2.45) is 0 Å². The molecule has 0 saturated heterocycles. The fourth-order valence-corrected chi connectivity index (χ4v) is 1.73. The molecule has 80 valence electrons. The van der Waals surface area contributed by atoms with Gasteiger partial charge in [0.05, 0.1) is 0 Å². The minimum absolute atomic E-state index is 0.0536. The van der Waals surface area contributed by atoms with Crippen molar-refractivity contribution < 1.29 is 14.3 Å². The number of esters is 1. The second-order valence-electron chi connectivity index (χ2n) is 3.10. The molecule has 0 bridgehead atoms. The molecule has 0 aliphatic heterocycles. The summed E-state index contributed by atoms with van der Waals surface area (Å²) in [6.07, 6.45) is 1.22. The summed E-state index contributed by atoms with van der Waals surface area (Å²) in [5.74, 6) is -0.470. The van der Waals surface area contributed by atoms with Gasteiger partial charge in [-0.15, -0.1) is 11.3 Å². The lowest BCUT2D eigenvalue weighted by Crippen LogP contribution is -2.11. The van der Waals surface area contributed by atoms with Crippen LogP contribution in [0.2, 0.25) is 0 Å². The molecule has 1 aromatic rings. The highest BCUT2D eigenvalue weighted by molar-refractivity contribution is 7.12. The van der Waals surface area contributed by atoms with Crippen LogP contribution in [0.25, 0.3) is 0 Å². The molecule has 0 fully saturated rings. The fourth-order valence-electron chi connectivity index (χ4n) is 0.903. The number of ether oxygens (including phenoxy) is 1. The van der Waals surface area contributed by atoms with Crippen LogP contribution in [-0.4, -0.2) is 17.9 Å². The van der Waals surface area contributed by atoms with Gasteiger partial charge in [-0.3, -0.25) is 4.79 Å². The predicted octanol–water partition coefficient (Wildman–Crippen LogP) is 2.68. The zero-order valence-corrected chi connectivity index (χ0v) is 9.47. The summed E-state index contributed by atoms with van der Waals surface area (Å²) in [6, 6.07) is 1.55. The molecular formula is C11H12O3S. The Morgan fingerprint density at radius 1 is 1.60 bits per heavy atom. The zero-order valence-electron chi connectivity index (χ0n) is 8.65. The molecule has 1 atom stereocenters. The van der Waals surface area contributed by atoms with Crippen molar-refractivity contribution in [3.8, 4) is 0 Å². The lowest BCUT2D eigenvalue weighted by Gasteiger charge is -2.06. The fraction of sp³-hybridized carbons (Fsp3) is 0.273. The SMILES string of the molecule is C=C[C@H](C)OC(=O)c1cc(C(C)=O)cs1. The first kappa shape index (κ1) is 11.7. The quantitative estimate of drug-likeness (QED) is 0.448. The van der Waals surface area contributed by atoms with Crippen LogP contribution >= 0.6 is 11.3 Å². The molecule has 4 heteroatoms. The van der Waals surface area contributed by atoms with Crippen molar-refractivity contribution >= 4 is 23.1 Å². The molecule has 15 heavy (non-hydrogen) atoms. The normalized spacial score (nSPS) is 11.9. The Balaban J connectivity index is 2.74. The average Bonchev–Trinajstić information content (AvgIpc) is 2.66. The first-order valence-electron chi connectivity index (χ1n) is 4.47. The van der Waals surface area contributed by atoms with E-state index in [1.54, 1.807) is 18.4 Å². The third-order valence-corrected chi connectivity index (χ3v) is 2.74. The third-order valence-electron chi connectivity index (χ3n) is 1.83. The number of hydrogen-bond donors (Lipinski definition) is 0. The number of carbonyl (C=O) groups is 2. The molecule has 0 unspecified atom stereocenters. The van der Waals surface area contributed by atoms with E-state index in [1.165, 1.54) is 24.3 Å². The van der Waals surface area contributed by atoms with Crippen molar-refractivity contribution in [3.63, 3.8) is 0 Å². The summed E-state index contributed by atoms with van der Waals surface area (Å²) in [5.41, 5.74) is 0.540. The Morgan fingerprint density at radius 3 is 2.73 bits per heavy atom. The topological polar surface area (TPSA) is 43.4 Å². The second-order valence-corrected chi connectivity index (χ2v) is 4.01. The lowest BCUT2D eigenvalue weighted by atomic mass is 10.2. The van der Waals surface area contributed by atoms with Crippen LogP contribution in [0.5, 0.6) is 0 Å². The van der Waals surface area contributed by atoms with Crippen molar-refractivity contribution in [1.29, 1.82) is 0 Å². The summed E-state index contributed by atoms with van der Waals surface area (Å²) in [5, 5.41) is 1.65. The van der Waals surface area contributed by atoms with E-state index in [4.69, 9.17) is 4.74 Å². The number of hydrogen-bond acceptors (Lipinski definition) is 4. The highest BCUT2D eigenvalue weighted by Crippen LogP contribution is 2.17. The summed E-state index contributed by atoms with van der Waals surface area (Å²) < 4.78 is 5.02. The number of rotatable bonds is 4. The van der Waals surface area contributed by atoms with E-state index in [0.29, 0.717) is 10.4 Å². The maximum absolute atomic E-state index is 11.5. The monoisotopic (exact) mass is 224 g/mol. The Hall–Kier alpha value is -1.42. The molecule has 1 heterocycles. The number of thiophene rings is 1. The van der Waals surface area contributed by atoms with Gasteiger partial charge in [0.1, 0.15) is 11.0 Å². The third kappa shape index (κ3) is 3.02. The van der Waals surface area contributed by atoms with Crippen molar-refractivity contribution in [2.45, 2.75) is 20.0 Å². The molecule has 0 spiro atoms. The summed E-state index contributed by atoms with van der Waals surface area (Å²) >= 11 is 1.21. The van der Waals surface area contributed by atoms with Crippen LogP contribution in [0, 0.1) is 0 Å². The van der Waals surface area contributed by atoms with Crippen LogP contribution in [-0.2, 0) is 4.74 Å². The van der Waals surface area contributed by atoms with E-state index in [1.807, 2.05) is 0 Å². The van der Waals surface area contributed by atoms with Crippen LogP contribution in [0.1, 0.15) is 33.9 Å². The smallest absolute Gasteiger partial charge is 0.348 e. The molecule has 0 N–H and O–H groups in total. The average molecular weight is 224 g/mol. The van der Waals surface area contributed by atoms with E-state index in [-0.39, 0.29) is 11.9 Å². The van der Waals surface area contributed by atoms with Crippen molar-refractivity contribution in [2.75, 3.05) is 0 Å². The van der Waals surface area contributed by atoms with Gasteiger partial charge in [-0.05, 0) is 19.9 Å². The van der Waals surface area contributed by atoms with Crippen LogP contribution < -0.4 is 0 Å². The van der Waals surface area contributed by atoms with Gasteiger partial charge < -0.3 is 4.74 Å². The number of carbonyl (C=O) groups excluding carboxylic acids is 2. The molecule has 1 rings (SSSR count). The van der Waals surface area contributed by atoms with E-state index >= 15 is 0 Å². The van der Waals surface area contributed by atoms with Gasteiger partial charge in [0.25, 0.3) is 0 Å². The maximum Gasteiger partial charge on any atom is 0.348 e. The molecule has 0 aliphatic carbocycles. The first-order valence-corrected chi connectivity index (χ1v) is 5.35. The van der Waals surface area contributed by atoms with Gasteiger partial charge in [0.15, 0.2) is 5.78 Å². The second kappa shape index (κ2) is 4.89. The highest BCUT2D eigenvalue weighted by atomic mass is 32.1. The molecule has 0 saturated carbocycles. The van der Waals surface area contributed by atoms with E-state index in [9.17, 15) is 9.59 Å². The van der Waals surface area contributed by atoms with Crippen LogP contribution in [0.15, 0.2) is 24.1 Å². The Morgan fingerprint density at radius 2 is 2.27 bits per heavy atom. The van der Waals surface area contributed by atoms with Crippen molar-refractivity contribution in [1.82, 2.24) is 0 Å². The van der Waals surface area contributed by atoms with E-state index < -0.39 is 5.97 Å². The van der Waals surface area contributed by atoms with Crippen LogP contribution in [0.4, 0.5) is 0 Å². The maximum atomic E-state index is 11.5. The zero-order chi connectivity index (χ0) is 11.4. The molecular weight excluding hydrogens is 212 g/mol. The van der Waals surface area contributed by atoms with Gasteiger partial charge in [-0.25, -0.2) is 4.79 Å². The number of Topliss-reactive ketones (excluding diaryl/α,β-unsaturated/α-hetero) is 1. The summed E-state index contributed by atoms with van der Waals surface area (Å²) in [4.78, 5) is 22.9. The van der Waals surface area contributed by atoms with E-state index in [2.05, 4.69) is 6.58 Å². The van der Waals surface area contributed by atoms with Gasteiger partial charge in [-0.1, -0.05) is 12.7 Å². The van der Waals surface area contributed by atoms with Gasteiger partial charge in [0, 0.05) is 10.9 Å². The van der Waals surface area contributed by atoms with Crippen LogP contribution in [0.3, 0.4) is 0 Å². The van der Waals surface area contributed by atoms with Gasteiger partial charge >= 0.3 is 5.97 Å². The lowest BCUT2D eigenvalue weighted by molar-refractivity contribution is 0.0431. The summed E-state index contributed by atoms with van der Waals surface area (Å²) in [6.45, 7) is 6.70. The number of ketones is 1. The molecule has 1 aromatic heterocycles. The largest absolute Gasteiger partial charge is 0.454 e. The molecule has 0 radical (unpaired) electrons. The van der Waals surface area contributed by atoms with Gasteiger partial charge in [-0.2, -0.15) is 0 Å². The highest BCUT2D eigenvalue weighted by Gasteiger charge is 2.13. The van der Waals surface area contributed by atoms with E-state index in [0.717, 1.165) is 0 Å². The Kier molecular flexibility index (Phi) is 3.80.